The maximum atomic E-state index is 6.48. The largest absolute Gasteiger partial charge is 0.487 e. The Balaban J connectivity index is 0.00000256. The number of aromatic nitrogens is 3. The standard InChI is InChI=1S/C22H30N6O.HI/c1-4-13-23-21(24-15-20-27-26-16(2)28(20)3)25-18-14-22(11-7-8-12-22)29-19-10-6-5-9-17(18)19;/h4-6,9-10,18H,1,7-8,11-15H2,2-3H3,(H2,23,24,25);1H. The maximum absolute atomic E-state index is 6.48. The highest BCUT2D eigenvalue weighted by atomic mass is 127. The van der Waals surface area contributed by atoms with Crippen molar-refractivity contribution in [3.05, 3.63) is 54.1 Å². The fourth-order valence-electron chi connectivity index (χ4n) is 4.30. The highest BCUT2D eigenvalue weighted by Gasteiger charge is 2.43. The van der Waals surface area contributed by atoms with Gasteiger partial charge < -0.3 is 19.9 Å². The minimum atomic E-state index is -0.0593. The number of aliphatic imine (C=N–C) groups is 1. The molecule has 0 saturated heterocycles. The molecular formula is C22H31IN6O. The Kier molecular flexibility index (Phi) is 7.38. The SMILES string of the molecule is C=CCNC(=NCc1nnc(C)n1C)NC1CC2(CCCC2)Oc2ccccc21.I. The second-order valence-corrected chi connectivity index (χ2v) is 7.99. The summed E-state index contributed by atoms with van der Waals surface area (Å²) in [6.07, 6.45) is 7.47. The molecule has 1 atom stereocenters. The molecule has 2 aliphatic rings. The fourth-order valence-corrected chi connectivity index (χ4v) is 4.30. The highest BCUT2D eigenvalue weighted by Crippen LogP contribution is 2.46. The third-order valence-electron chi connectivity index (χ3n) is 6.00. The number of hydrogen-bond donors (Lipinski definition) is 2. The molecule has 162 valence electrons. The van der Waals surface area contributed by atoms with E-state index in [1.54, 1.807) is 0 Å². The molecule has 4 rings (SSSR count). The van der Waals surface area contributed by atoms with Gasteiger partial charge in [-0.2, -0.15) is 0 Å². The van der Waals surface area contributed by atoms with Crippen LogP contribution in [0.3, 0.4) is 0 Å². The number of benzene rings is 1. The van der Waals surface area contributed by atoms with Gasteiger partial charge in [0.05, 0.1) is 6.04 Å². The summed E-state index contributed by atoms with van der Waals surface area (Å²) in [6, 6.07) is 8.49. The first-order chi connectivity index (χ1) is 14.1. The van der Waals surface area contributed by atoms with Gasteiger partial charge in [-0.3, -0.25) is 0 Å². The van der Waals surface area contributed by atoms with Crippen LogP contribution in [0.25, 0.3) is 0 Å². The zero-order valence-electron chi connectivity index (χ0n) is 17.7. The van der Waals surface area contributed by atoms with Gasteiger partial charge in [-0.1, -0.05) is 24.3 Å². The minimum Gasteiger partial charge on any atom is -0.487 e. The Morgan fingerprint density at radius 1 is 1.33 bits per heavy atom. The number of fused-ring (bicyclic) bond motifs is 1. The van der Waals surface area contributed by atoms with Crippen LogP contribution in [-0.4, -0.2) is 32.9 Å². The van der Waals surface area contributed by atoms with Gasteiger partial charge in [0.1, 0.15) is 23.7 Å². The van der Waals surface area contributed by atoms with Gasteiger partial charge in [0.25, 0.3) is 0 Å². The van der Waals surface area contributed by atoms with Gasteiger partial charge in [-0.05, 0) is 38.7 Å². The van der Waals surface area contributed by atoms with Crippen molar-refractivity contribution in [2.24, 2.45) is 12.0 Å². The van der Waals surface area contributed by atoms with E-state index in [0.717, 1.165) is 42.6 Å². The van der Waals surface area contributed by atoms with E-state index in [1.165, 1.54) is 18.4 Å². The van der Waals surface area contributed by atoms with Crippen LogP contribution in [0.1, 0.15) is 55.4 Å². The fraction of sp³-hybridized carbons (Fsp3) is 0.500. The zero-order valence-corrected chi connectivity index (χ0v) is 20.1. The van der Waals surface area contributed by atoms with E-state index >= 15 is 0 Å². The first kappa shape index (κ1) is 22.6. The van der Waals surface area contributed by atoms with Gasteiger partial charge in [-0.15, -0.1) is 40.8 Å². The summed E-state index contributed by atoms with van der Waals surface area (Å²) in [7, 11) is 1.96. The number of halogens is 1. The smallest absolute Gasteiger partial charge is 0.192 e. The Bertz CT molecular complexity index is 903. The molecule has 1 aliphatic heterocycles. The van der Waals surface area contributed by atoms with Crippen molar-refractivity contribution in [1.29, 1.82) is 0 Å². The van der Waals surface area contributed by atoms with Crippen LogP contribution in [0.5, 0.6) is 5.75 Å². The van der Waals surface area contributed by atoms with E-state index < -0.39 is 0 Å². The first-order valence-electron chi connectivity index (χ1n) is 10.4. The molecule has 1 unspecified atom stereocenters. The van der Waals surface area contributed by atoms with Crippen molar-refractivity contribution in [1.82, 2.24) is 25.4 Å². The van der Waals surface area contributed by atoms with E-state index in [9.17, 15) is 0 Å². The quantitative estimate of drug-likeness (QED) is 0.271. The summed E-state index contributed by atoms with van der Waals surface area (Å²) >= 11 is 0. The summed E-state index contributed by atoms with van der Waals surface area (Å²) in [6.45, 7) is 6.85. The van der Waals surface area contributed by atoms with Crippen molar-refractivity contribution < 1.29 is 4.74 Å². The number of hydrogen-bond acceptors (Lipinski definition) is 4. The Morgan fingerprint density at radius 3 is 2.80 bits per heavy atom. The maximum Gasteiger partial charge on any atom is 0.192 e. The summed E-state index contributed by atoms with van der Waals surface area (Å²) < 4.78 is 8.45. The molecule has 7 nitrogen and oxygen atoms in total. The lowest BCUT2D eigenvalue weighted by Crippen LogP contribution is -2.46. The molecule has 1 aromatic heterocycles. The molecule has 2 aromatic rings. The molecule has 8 heteroatoms. The average Bonchev–Trinajstić information content (AvgIpc) is 3.30. The minimum absolute atomic E-state index is 0. The second kappa shape index (κ2) is 9.80. The molecular weight excluding hydrogens is 491 g/mol. The molecule has 1 spiro atoms. The van der Waals surface area contributed by atoms with Gasteiger partial charge in [0.15, 0.2) is 11.8 Å². The van der Waals surface area contributed by atoms with Crippen LogP contribution in [0.2, 0.25) is 0 Å². The second-order valence-electron chi connectivity index (χ2n) is 7.99. The number of ether oxygens (including phenoxy) is 1. The predicted molar refractivity (Wildman–Crippen MR) is 129 cm³/mol. The summed E-state index contributed by atoms with van der Waals surface area (Å²) in [5.74, 6) is 3.46. The number of rotatable bonds is 5. The van der Waals surface area contributed by atoms with Crippen LogP contribution < -0.4 is 15.4 Å². The van der Waals surface area contributed by atoms with E-state index in [4.69, 9.17) is 9.73 Å². The summed E-state index contributed by atoms with van der Waals surface area (Å²) in [5, 5.41) is 15.3. The van der Waals surface area contributed by atoms with Gasteiger partial charge >= 0.3 is 0 Å². The predicted octanol–water partition coefficient (Wildman–Crippen LogP) is 3.80. The number of nitrogens with zero attached hydrogens (tertiary/aromatic N) is 4. The van der Waals surface area contributed by atoms with Crippen LogP contribution in [0.15, 0.2) is 41.9 Å². The van der Waals surface area contributed by atoms with Crippen LogP contribution in [0, 0.1) is 6.92 Å². The number of para-hydroxylation sites is 1. The number of guanidine groups is 1. The topological polar surface area (TPSA) is 76.4 Å². The van der Waals surface area contributed by atoms with Crippen molar-refractivity contribution in [2.75, 3.05) is 6.54 Å². The summed E-state index contributed by atoms with van der Waals surface area (Å²) in [4.78, 5) is 4.77. The van der Waals surface area contributed by atoms with Gasteiger partial charge in [0.2, 0.25) is 0 Å². The molecule has 0 radical (unpaired) electrons. The van der Waals surface area contributed by atoms with Crippen molar-refractivity contribution in [3.63, 3.8) is 0 Å². The lowest BCUT2D eigenvalue weighted by Gasteiger charge is -2.40. The number of aryl methyl sites for hydroxylation is 1. The van der Waals surface area contributed by atoms with Gasteiger partial charge in [-0.25, -0.2) is 4.99 Å². The Labute approximate surface area is 195 Å². The lowest BCUT2D eigenvalue weighted by molar-refractivity contribution is 0.0396. The molecule has 1 saturated carbocycles. The van der Waals surface area contributed by atoms with Crippen LogP contribution >= 0.6 is 24.0 Å². The molecule has 1 aliphatic carbocycles. The molecule has 0 amide bonds. The first-order valence-corrected chi connectivity index (χ1v) is 10.4. The molecule has 0 bridgehead atoms. The lowest BCUT2D eigenvalue weighted by atomic mass is 9.86. The molecule has 30 heavy (non-hydrogen) atoms. The van der Waals surface area contributed by atoms with E-state index in [-0.39, 0.29) is 35.6 Å². The molecule has 1 aromatic carbocycles. The highest BCUT2D eigenvalue weighted by molar-refractivity contribution is 14.0. The Morgan fingerprint density at radius 2 is 2.10 bits per heavy atom. The number of nitrogens with one attached hydrogen (secondary N) is 2. The Hall–Kier alpha value is -2.10. The summed E-state index contributed by atoms with van der Waals surface area (Å²) in [5.41, 5.74) is 1.13. The van der Waals surface area contributed by atoms with E-state index in [0.29, 0.717) is 13.1 Å². The van der Waals surface area contributed by atoms with Crippen LogP contribution in [0.4, 0.5) is 0 Å². The van der Waals surface area contributed by atoms with Gasteiger partial charge in [0, 0.05) is 25.6 Å². The van der Waals surface area contributed by atoms with Crippen molar-refractivity contribution in [2.45, 2.75) is 57.2 Å². The van der Waals surface area contributed by atoms with E-state index in [2.05, 4.69) is 45.6 Å². The van der Waals surface area contributed by atoms with E-state index in [1.807, 2.05) is 30.7 Å². The zero-order chi connectivity index (χ0) is 20.3. The third-order valence-corrected chi connectivity index (χ3v) is 6.00. The van der Waals surface area contributed by atoms with Crippen molar-refractivity contribution in [3.8, 4) is 5.75 Å². The average molecular weight is 522 g/mol. The molecule has 2 heterocycles. The van der Waals surface area contributed by atoms with Crippen molar-refractivity contribution >= 4 is 29.9 Å². The third kappa shape index (κ3) is 4.79. The monoisotopic (exact) mass is 522 g/mol. The molecule has 1 fully saturated rings. The normalized spacial score (nSPS) is 19.5. The van der Waals surface area contributed by atoms with Crippen LogP contribution in [-0.2, 0) is 13.6 Å². The molecule has 2 N–H and O–H groups in total.